The molecule has 0 saturated carbocycles. The summed E-state index contributed by atoms with van der Waals surface area (Å²) in [5.74, 6) is -0.403. The van der Waals surface area contributed by atoms with Crippen LogP contribution < -0.4 is 15.8 Å². The van der Waals surface area contributed by atoms with E-state index in [4.69, 9.17) is 5.73 Å². The molecule has 8 heteroatoms. The van der Waals surface area contributed by atoms with Gasteiger partial charge in [-0.1, -0.05) is 15.9 Å². The zero-order valence-electron chi connectivity index (χ0n) is 12.4. The largest absolute Gasteiger partial charge is 0.398 e. The molecule has 118 valence electrons. The summed E-state index contributed by atoms with van der Waals surface area (Å²) in [5.41, 5.74) is 5.37. The van der Waals surface area contributed by atoms with E-state index >= 15 is 0 Å². The number of sulfonamides is 1. The normalized spacial score (nSPS) is 13.8. The number of nitrogen functional groups attached to an aromatic ring is 1. The minimum Gasteiger partial charge on any atom is -0.398 e. The molecule has 0 bridgehead atoms. The number of nitrogens with one attached hydrogen (secondary N) is 2. The van der Waals surface area contributed by atoms with Gasteiger partial charge in [0.2, 0.25) is 15.9 Å². The Labute approximate surface area is 133 Å². The summed E-state index contributed by atoms with van der Waals surface area (Å²) < 4.78 is 27.5. The van der Waals surface area contributed by atoms with Crippen molar-refractivity contribution in [2.45, 2.75) is 44.2 Å². The van der Waals surface area contributed by atoms with E-state index in [2.05, 4.69) is 26.0 Å². The van der Waals surface area contributed by atoms with Crippen molar-refractivity contribution >= 4 is 37.5 Å². The lowest BCUT2D eigenvalue weighted by atomic mass is 10.1. The summed E-state index contributed by atoms with van der Waals surface area (Å²) in [6.07, 6.45) is 0. The zero-order valence-corrected chi connectivity index (χ0v) is 14.8. The second kappa shape index (κ2) is 6.33. The Bertz CT molecular complexity index is 639. The smallest absolute Gasteiger partial charge is 0.243 e. The maximum Gasteiger partial charge on any atom is 0.243 e. The number of nitrogens with two attached hydrogens (primary N) is 1. The average molecular weight is 378 g/mol. The molecule has 1 amide bonds. The summed E-state index contributed by atoms with van der Waals surface area (Å²) in [4.78, 5) is 11.9. The third-order valence-electron chi connectivity index (χ3n) is 2.49. The van der Waals surface area contributed by atoms with E-state index in [9.17, 15) is 13.2 Å². The molecule has 0 saturated heterocycles. The Morgan fingerprint density at radius 3 is 2.43 bits per heavy atom. The van der Waals surface area contributed by atoms with Gasteiger partial charge >= 0.3 is 0 Å². The zero-order chi connectivity index (χ0) is 16.4. The molecule has 0 heterocycles. The van der Waals surface area contributed by atoms with E-state index in [1.54, 1.807) is 6.07 Å². The number of benzene rings is 1. The first kappa shape index (κ1) is 17.9. The van der Waals surface area contributed by atoms with E-state index in [1.807, 2.05) is 20.8 Å². The Kier molecular flexibility index (Phi) is 5.40. The number of amides is 1. The number of hydrogen-bond donors (Lipinski definition) is 3. The van der Waals surface area contributed by atoms with Crippen molar-refractivity contribution in [3.8, 4) is 0 Å². The molecule has 1 rings (SSSR count). The van der Waals surface area contributed by atoms with Crippen LogP contribution in [0.5, 0.6) is 0 Å². The van der Waals surface area contributed by atoms with Crippen LogP contribution in [0.25, 0.3) is 0 Å². The Morgan fingerprint density at radius 1 is 1.33 bits per heavy atom. The maximum atomic E-state index is 12.3. The summed E-state index contributed by atoms with van der Waals surface area (Å²) >= 11 is 3.20. The van der Waals surface area contributed by atoms with Crippen LogP contribution in [0.3, 0.4) is 0 Å². The molecule has 21 heavy (non-hydrogen) atoms. The number of halogens is 1. The van der Waals surface area contributed by atoms with Crippen molar-refractivity contribution in [2.75, 3.05) is 5.73 Å². The Balaban J connectivity index is 2.95. The van der Waals surface area contributed by atoms with Gasteiger partial charge in [-0.2, -0.15) is 4.72 Å². The van der Waals surface area contributed by atoms with Crippen LogP contribution in [-0.4, -0.2) is 25.9 Å². The molecule has 0 aliphatic carbocycles. The SMILES string of the molecule is CC(NS(=O)(=O)c1cc(Br)ccc1N)C(=O)NC(C)(C)C. The molecule has 0 spiro atoms. The molecule has 0 aliphatic heterocycles. The van der Waals surface area contributed by atoms with E-state index in [1.165, 1.54) is 19.1 Å². The molecule has 1 aromatic rings. The van der Waals surface area contributed by atoms with Gasteiger partial charge in [-0.15, -0.1) is 0 Å². The first-order valence-electron chi connectivity index (χ1n) is 6.32. The second-order valence-electron chi connectivity index (χ2n) is 5.76. The molecule has 1 atom stereocenters. The average Bonchev–Trinajstić information content (AvgIpc) is 2.29. The second-order valence-corrected chi connectivity index (χ2v) is 8.36. The number of carbonyl (C=O) groups excluding carboxylic acids is 1. The molecule has 0 fully saturated rings. The number of anilines is 1. The predicted molar refractivity (Wildman–Crippen MR) is 86.2 cm³/mol. The molecule has 4 N–H and O–H groups in total. The van der Waals surface area contributed by atoms with E-state index in [0.29, 0.717) is 4.47 Å². The molecule has 6 nitrogen and oxygen atoms in total. The maximum absolute atomic E-state index is 12.3. The van der Waals surface area contributed by atoms with Crippen molar-refractivity contribution < 1.29 is 13.2 Å². The van der Waals surface area contributed by atoms with E-state index in [-0.39, 0.29) is 10.6 Å². The standard InChI is InChI=1S/C13H20BrN3O3S/c1-8(12(18)16-13(2,3)4)17-21(19,20)11-7-9(14)5-6-10(11)15/h5-8,17H,15H2,1-4H3,(H,16,18). The fraction of sp³-hybridized carbons (Fsp3) is 0.462. The number of carbonyl (C=O) groups is 1. The van der Waals surface area contributed by atoms with Crippen molar-refractivity contribution in [1.82, 2.24) is 10.0 Å². The van der Waals surface area contributed by atoms with Crippen molar-refractivity contribution in [2.24, 2.45) is 0 Å². The Hall–Kier alpha value is -1.12. The lowest BCUT2D eigenvalue weighted by molar-refractivity contribution is -0.123. The van der Waals surface area contributed by atoms with Crippen LogP contribution >= 0.6 is 15.9 Å². The van der Waals surface area contributed by atoms with Crippen LogP contribution in [0.15, 0.2) is 27.6 Å². The highest BCUT2D eigenvalue weighted by molar-refractivity contribution is 9.10. The minimum atomic E-state index is -3.88. The third-order valence-corrected chi connectivity index (χ3v) is 4.58. The van der Waals surface area contributed by atoms with Gasteiger partial charge in [0.1, 0.15) is 4.90 Å². The van der Waals surface area contributed by atoms with Gasteiger partial charge in [-0.05, 0) is 45.9 Å². The van der Waals surface area contributed by atoms with Gasteiger partial charge in [0, 0.05) is 10.0 Å². The fourth-order valence-corrected chi connectivity index (χ4v) is 3.44. The lowest BCUT2D eigenvalue weighted by Gasteiger charge is -2.23. The van der Waals surface area contributed by atoms with E-state index in [0.717, 1.165) is 0 Å². The minimum absolute atomic E-state index is 0.0627. The molecule has 0 radical (unpaired) electrons. The molecule has 1 aromatic carbocycles. The summed E-state index contributed by atoms with van der Waals surface area (Å²) in [6, 6.07) is 3.61. The van der Waals surface area contributed by atoms with Crippen LogP contribution in [0, 0.1) is 0 Å². The topological polar surface area (TPSA) is 101 Å². The highest BCUT2D eigenvalue weighted by Crippen LogP contribution is 2.23. The van der Waals surface area contributed by atoms with E-state index < -0.39 is 27.5 Å². The third kappa shape index (κ3) is 5.29. The monoisotopic (exact) mass is 377 g/mol. The van der Waals surface area contributed by atoms with Gasteiger partial charge in [-0.25, -0.2) is 8.42 Å². The summed E-state index contributed by atoms with van der Waals surface area (Å²) in [6.45, 7) is 6.93. The van der Waals surface area contributed by atoms with Crippen molar-refractivity contribution in [3.05, 3.63) is 22.7 Å². The highest BCUT2D eigenvalue weighted by Gasteiger charge is 2.26. The summed E-state index contributed by atoms with van der Waals surface area (Å²) in [7, 11) is -3.88. The van der Waals surface area contributed by atoms with Gasteiger partial charge in [0.15, 0.2) is 0 Å². The first-order chi connectivity index (χ1) is 9.42. The van der Waals surface area contributed by atoms with Gasteiger partial charge in [-0.3, -0.25) is 4.79 Å². The van der Waals surface area contributed by atoms with Gasteiger partial charge < -0.3 is 11.1 Å². The Morgan fingerprint density at radius 2 is 1.90 bits per heavy atom. The molecule has 0 aliphatic rings. The van der Waals surface area contributed by atoms with Crippen LogP contribution in [0.2, 0.25) is 0 Å². The van der Waals surface area contributed by atoms with Gasteiger partial charge in [0.05, 0.1) is 11.7 Å². The highest BCUT2D eigenvalue weighted by atomic mass is 79.9. The predicted octanol–water partition coefficient (Wildman–Crippen LogP) is 1.61. The quantitative estimate of drug-likeness (QED) is 0.693. The number of hydrogen-bond acceptors (Lipinski definition) is 4. The first-order valence-corrected chi connectivity index (χ1v) is 8.59. The van der Waals surface area contributed by atoms with Crippen LogP contribution in [-0.2, 0) is 14.8 Å². The molecule has 1 unspecified atom stereocenters. The van der Waals surface area contributed by atoms with Gasteiger partial charge in [0.25, 0.3) is 0 Å². The molecule has 0 aromatic heterocycles. The molecular weight excluding hydrogens is 358 g/mol. The van der Waals surface area contributed by atoms with Crippen LogP contribution in [0.1, 0.15) is 27.7 Å². The summed E-state index contributed by atoms with van der Waals surface area (Å²) in [5, 5.41) is 2.71. The fourth-order valence-electron chi connectivity index (χ4n) is 1.57. The lowest BCUT2D eigenvalue weighted by Crippen LogP contribution is -2.50. The molecular formula is C13H20BrN3O3S. The number of rotatable bonds is 4. The van der Waals surface area contributed by atoms with Crippen molar-refractivity contribution in [3.63, 3.8) is 0 Å². The van der Waals surface area contributed by atoms with Crippen molar-refractivity contribution in [1.29, 1.82) is 0 Å². The van der Waals surface area contributed by atoms with Crippen LogP contribution in [0.4, 0.5) is 5.69 Å².